The Morgan fingerprint density at radius 3 is 2.79 bits per heavy atom. The Kier molecular flexibility index (Phi) is 8.97. The van der Waals surface area contributed by atoms with Gasteiger partial charge in [-0.3, -0.25) is 15.0 Å². The molecule has 0 amide bonds. The van der Waals surface area contributed by atoms with Gasteiger partial charge in [-0.05, 0) is 50.2 Å². The number of ether oxygens (including phenoxy) is 1. The van der Waals surface area contributed by atoms with Gasteiger partial charge in [0.15, 0.2) is 11.8 Å². The topological polar surface area (TPSA) is 90.5 Å². The van der Waals surface area contributed by atoms with Crippen LogP contribution in [0.2, 0.25) is 0 Å². The number of nitrogens with zero attached hydrogens (tertiary/aromatic N) is 4. The van der Waals surface area contributed by atoms with Crippen LogP contribution < -0.4 is 15.4 Å². The number of aliphatic imine (C=N–C) groups is 1. The van der Waals surface area contributed by atoms with Crippen molar-refractivity contribution in [3.05, 3.63) is 30.1 Å². The molecule has 1 atom stereocenters. The molecule has 0 radical (unpaired) electrons. The summed E-state index contributed by atoms with van der Waals surface area (Å²) in [6.07, 6.45) is 2.52. The average Bonchev–Trinajstić information content (AvgIpc) is 3.37. The summed E-state index contributed by atoms with van der Waals surface area (Å²) in [5.41, 5.74) is 0.946. The van der Waals surface area contributed by atoms with Gasteiger partial charge in [-0.2, -0.15) is 5.10 Å². The Morgan fingerprint density at radius 1 is 1.32 bits per heavy atom. The van der Waals surface area contributed by atoms with Crippen LogP contribution in [0, 0.1) is 0 Å². The number of hydrogen-bond acceptors (Lipinski definition) is 5. The van der Waals surface area contributed by atoms with Gasteiger partial charge in [0.1, 0.15) is 11.6 Å². The highest BCUT2D eigenvalue weighted by atomic mass is 127. The summed E-state index contributed by atoms with van der Waals surface area (Å²) in [7, 11) is 3.43. The number of methoxy groups -OCH3 is 1. The molecule has 1 aromatic heterocycles. The first-order valence-electron chi connectivity index (χ1n) is 9.47. The minimum absolute atomic E-state index is 0. The maximum Gasteiger partial charge on any atom is 0.191 e. The van der Waals surface area contributed by atoms with Gasteiger partial charge in [-0.15, -0.1) is 24.0 Å². The van der Waals surface area contributed by atoms with Crippen molar-refractivity contribution < 1.29 is 4.74 Å². The van der Waals surface area contributed by atoms with Crippen LogP contribution in [-0.4, -0.2) is 65.9 Å². The van der Waals surface area contributed by atoms with E-state index < -0.39 is 0 Å². The summed E-state index contributed by atoms with van der Waals surface area (Å²) in [4.78, 5) is 11.4. The van der Waals surface area contributed by atoms with Gasteiger partial charge in [-0.25, -0.2) is 4.98 Å². The van der Waals surface area contributed by atoms with Crippen molar-refractivity contribution >= 4 is 29.9 Å². The molecule has 0 aliphatic carbocycles. The lowest BCUT2D eigenvalue weighted by Gasteiger charge is -2.23. The maximum atomic E-state index is 5.18. The van der Waals surface area contributed by atoms with Gasteiger partial charge in [0.25, 0.3) is 0 Å². The number of likely N-dealkylation sites (tertiary alicyclic amines) is 1. The molecular formula is C19H30IN7O. The number of hydrogen-bond donors (Lipinski definition) is 3. The summed E-state index contributed by atoms with van der Waals surface area (Å²) < 4.78 is 5.18. The fourth-order valence-corrected chi connectivity index (χ4v) is 3.39. The Balaban J connectivity index is 0.00000280. The van der Waals surface area contributed by atoms with E-state index in [1.165, 1.54) is 19.4 Å². The van der Waals surface area contributed by atoms with E-state index in [1.54, 1.807) is 14.2 Å². The SMILES string of the molecule is CCN1CCCC1CNC(=NC)NCc1nc(-c2ccc(OC)cc2)n[nH]1.I. The quantitative estimate of drug-likeness (QED) is 0.308. The molecule has 0 saturated carbocycles. The van der Waals surface area contributed by atoms with Crippen molar-refractivity contribution in [3.63, 3.8) is 0 Å². The predicted octanol–water partition coefficient (Wildman–Crippen LogP) is 2.25. The Bertz CT molecular complexity index is 747. The fraction of sp³-hybridized carbons (Fsp3) is 0.526. The molecule has 1 unspecified atom stereocenters. The monoisotopic (exact) mass is 499 g/mol. The lowest BCUT2D eigenvalue weighted by molar-refractivity contribution is 0.267. The van der Waals surface area contributed by atoms with Crippen LogP contribution in [0.1, 0.15) is 25.6 Å². The number of benzene rings is 1. The van der Waals surface area contributed by atoms with Crippen LogP contribution in [0.5, 0.6) is 5.75 Å². The van der Waals surface area contributed by atoms with Crippen molar-refractivity contribution in [2.24, 2.45) is 4.99 Å². The van der Waals surface area contributed by atoms with Gasteiger partial charge >= 0.3 is 0 Å². The van der Waals surface area contributed by atoms with Crippen molar-refractivity contribution in [2.45, 2.75) is 32.4 Å². The molecule has 2 heterocycles. The minimum Gasteiger partial charge on any atom is -0.497 e. The zero-order valence-corrected chi connectivity index (χ0v) is 19.1. The standard InChI is InChI=1S/C19H29N7O.HI/c1-4-26-11-5-6-15(26)12-21-19(20-2)22-13-17-23-18(25-24-17)14-7-9-16(27-3)10-8-14;/h7-10,15H,4-6,11-13H2,1-3H3,(H2,20,21,22)(H,23,24,25);1H. The largest absolute Gasteiger partial charge is 0.497 e. The second-order valence-corrected chi connectivity index (χ2v) is 6.57. The molecule has 1 aromatic carbocycles. The van der Waals surface area contributed by atoms with E-state index in [0.717, 1.165) is 36.2 Å². The first kappa shape index (κ1) is 22.4. The zero-order valence-electron chi connectivity index (χ0n) is 16.7. The van der Waals surface area contributed by atoms with Crippen molar-refractivity contribution in [2.75, 3.05) is 33.8 Å². The third-order valence-corrected chi connectivity index (χ3v) is 4.94. The first-order valence-corrected chi connectivity index (χ1v) is 9.47. The number of rotatable bonds is 7. The highest BCUT2D eigenvalue weighted by molar-refractivity contribution is 14.0. The molecular weight excluding hydrogens is 469 g/mol. The van der Waals surface area contributed by atoms with Gasteiger partial charge in [0.05, 0.1) is 13.7 Å². The van der Waals surface area contributed by atoms with Gasteiger partial charge in [0.2, 0.25) is 0 Å². The molecule has 9 heteroatoms. The Morgan fingerprint density at radius 2 is 2.11 bits per heavy atom. The highest BCUT2D eigenvalue weighted by Crippen LogP contribution is 2.19. The summed E-state index contributed by atoms with van der Waals surface area (Å²) in [6, 6.07) is 8.28. The molecule has 3 rings (SSSR count). The molecule has 0 bridgehead atoms. The third-order valence-electron chi connectivity index (χ3n) is 4.94. The number of guanidine groups is 1. The second kappa shape index (κ2) is 11.2. The van der Waals surface area contributed by atoms with Crippen LogP contribution >= 0.6 is 24.0 Å². The van der Waals surface area contributed by atoms with E-state index in [0.29, 0.717) is 18.4 Å². The minimum atomic E-state index is 0. The van der Waals surface area contributed by atoms with E-state index in [9.17, 15) is 0 Å². The van der Waals surface area contributed by atoms with Crippen molar-refractivity contribution in [1.29, 1.82) is 0 Å². The first-order chi connectivity index (χ1) is 13.2. The molecule has 1 aliphatic heterocycles. The van der Waals surface area contributed by atoms with Crippen molar-refractivity contribution in [1.82, 2.24) is 30.7 Å². The summed E-state index contributed by atoms with van der Waals surface area (Å²) in [6.45, 7) is 5.95. The normalized spacial score (nSPS) is 17.2. The lowest BCUT2D eigenvalue weighted by Crippen LogP contribution is -2.44. The second-order valence-electron chi connectivity index (χ2n) is 6.57. The van der Waals surface area contributed by atoms with E-state index >= 15 is 0 Å². The van der Waals surface area contributed by atoms with Crippen molar-refractivity contribution in [3.8, 4) is 17.1 Å². The molecule has 3 N–H and O–H groups in total. The summed E-state index contributed by atoms with van der Waals surface area (Å²) in [5.74, 6) is 3.03. The maximum absolute atomic E-state index is 5.18. The molecule has 28 heavy (non-hydrogen) atoms. The third kappa shape index (κ3) is 5.81. The number of nitrogens with one attached hydrogen (secondary N) is 3. The molecule has 0 spiro atoms. The number of aromatic amines is 1. The van der Waals surface area contributed by atoms with Crippen LogP contribution in [0.4, 0.5) is 0 Å². The smallest absolute Gasteiger partial charge is 0.191 e. The number of likely N-dealkylation sites (N-methyl/N-ethyl adjacent to an activating group) is 1. The predicted molar refractivity (Wildman–Crippen MR) is 122 cm³/mol. The molecule has 154 valence electrons. The molecule has 1 fully saturated rings. The fourth-order valence-electron chi connectivity index (χ4n) is 3.39. The number of halogens is 1. The molecule has 2 aromatic rings. The molecule has 1 saturated heterocycles. The number of H-pyrrole nitrogens is 1. The van der Waals surface area contributed by atoms with Crippen LogP contribution in [-0.2, 0) is 6.54 Å². The van der Waals surface area contributed by atoms with E-state index in [4.69, 9.17) is 4.74 Å². The number of aromatic nitrogens is 3. The van der Waals surface area contributed by atoms with Gasteiger partial charge in [-0.1, -0.05) is 6.92 Å². The van der Waals surface area contributed by atoms with Gasteiger partial charge in [0, 0.05) is 25.2 Å². The van der Waals surface area contributed by atoms with E-state index in [-0.39, 0.29) is 24.0 Å². The Hall–Kier alpha value is -1.88. The Labute approximate surface area is 183 Å². The summed E-state index contributed by atoms with van der Waals surface area (Å²) >= 11 is 0. The molecule has 8 nitrogen and oxygen atoms in total. The van der Waals surface area contributed by atoms with Crippen LogP contribution in [0.15, 0.2) is 29.3 Å². The summed E-state index contributed by atoms with van der Waals surface area (Å²) in [5, 5.41) is 14.0. The van der Waals surface area contributed by atoms with Crippen LogP contribution in [0.3, 0.4) is 0 Å². The lowest BCUT2D eigenvalue weighted by atomic mass is 10.2. The highest BCUT2D eigenvalue weighted by Gasteiger charge is 2.22. The van der Waals surface area contributed by atoms with Gasteiger partial charge < -0.3 is 15.4 Å². The molecule has 1 aliphatic rings. The van der Waals surface area contributed by atoms with Crippen LogP contribution in [0.25, 0.3) is 11.4 Å². The van der Waals surface area contributed by atoms with E-state index in [2.05, 4.69) is 42.6 Å². The zero-order chi connectivity index (χ0) is 19.1. The van der Waals surface area contributed by atoms with E-state index in [1.807, 2.05) is 24.3 Å². The average molecular weight is 499 g/mol.